The van der Waals surface area contributed by atoms with E-state index in [4.69, 9.17) is 11.6 Å². The number of carbonyl (C=O) groups is 2. The van der Waals surface area contributed by atoms with Crippen molar-refractivity contribution in [3.63, 3.8) is 0 Å². The molecule has 122 valence electrons. The van der Waals surface area contributed by atoms with Gasteiger partial charge in [0, 0.05) is 10.6 Å². The van der Waals surface area contributed by atoms with Crippen molar-refractivity contribution in [3.8, 4) is 0 Å². The summed E-state index contributed by atoms with van der Waals surface area (Å²) in [6.45, 7) is 3.14. The zero-order valence-corrected chi connectivity index (χ0v) is 13.2. The van der Waals surface area contributed by atoms with Gasteiger partial charge in [0.05, 0.1) is 17.8 Å². The summed E-state index contributed by atoms with van der Waals surface area (Å²) in [5, 5.41) is 0.351. The third-order valence-electron chi connectivity index (χ3n) is 3.84. The molecule has 3 nitrogen and oxygen atoms in total. The molecule has 0 saturated heterocycles. The van der Waals surface area contributed by atoms with Gasteiger partial charge in [-0.15, -0.1) is 0 Å². The first-order valence-electron chi connectivity index (χ1n) is 7.10. The second-order valence-corrected chi connectivity index (χ2v) is 5.85. The van der Waals surface area contributed by atoms with E-state index in [1.54, 1.807) is 18.2 Å². The number of fused-ring (bicyclic) bond motifs is 1. The number of carbonyl (C=O) groups excluding carboxylic acids is 2. The van der Waals surface area contributed by atoms with Gasteiger partial charge in [0.25, 0.3) is 17.6 Å². The number of halogens is 3. The molecule has 0 unspecified atom stereocenters. The summed E-state index contributed by atoms with van der Waals surface area (Å²) in [5.41, 5.74) is 0.914. The van der Waals surface area contributed by atoms with Crippen LogP contribution in [0.25, 0.3) is 0 Å². The molecule has 1 amide bonds. The summed E-state index contributed by atoms with van der Waals surface area (Å²) in [7, 11) is 0. The number of ketones is 1. The first-order chi connectivity index (χ1) is 11.3. The lowest BCUT2D eigenvalue weighted by Crippen LogP contribution is -2.29. The molecule has 1 aliphatic heterocycles. The molecule has 0 atom stereocenters. The van der Waals surface area contributed by atoms with Crippen LogP contribution in [0.1, 0.15) is 21.5 Å². The summed E-state index contributed by atoms with van der Waals surface area (Å²) in [5.74, 6) is -4.51. The number of Topliss-reactive ketones (excluding diaryl/α,β-unsaturated/α-hetero) is 1. The topological polar surface area (TPSA) is 37.4 Å². The van der Waals surface area contributed by atoms with Crippen LogP contribution in [-0.4, -0.2) is 11.7 Å². The first kappa shape index (κ1) is 16.3. The lowest BCUT2D eigenvalue weighted by molar-refractivity contribution is -0.114. The molecule has 0 N–H and O–H groups in total. The summed E-state index contributed by atoms with van der Waals surface area (Å²) in [6.07, 6.45) is 0.563. The number of allylic oxidation sites excluding steroid dienone is 1. The van der Waals surface area contributed by atoms with E-state index in [1.807, 2.05) is 0 Å². The average molecular weight is 348 g/mol. The molecule has 0 radical (unpaired) electrons. The van der Waals surface area contributed by atoms with Crippen molar-refractivity contribution >= 4 is 29.0 Å². The van der Waals surface area contributed by atoms with E-state index in [-0.39, 0.29) is 17.7 Å². The predicted molar refractivity (Wildman–Crippen MR) is 87.5 cm³/mol. The number of rotatable bonds is 4. The Bertz CT molecular complexity index is 864. The Hall–Kier alpha value is -2.53. The van der Waals surface area contributed by atoms with E-state index in [9.17, 15) is 18.4 Å². The fourth-order valence-corrected chi connectivity index (χ4v) is 2.78. The SMILES string of the molecule is C=CC(F)(F)c1cccc(CN2C(=O)C(=O)c3cc(Cl)ccc32)c1. The van der Waals surface area contributed by atoms with Crippen LogP contribution in [0.5, 0.6) is 0 Å². The van der Waals surface area contributed by atoms with Gasteiger partial charge in [-0.1, -0.05) is 36.4 Å². The normalized spacial score (nSPS) is 14.0. The predicted octanol–water partition coefficient (Wildman–Crippen LogP) is 4.35. The highest BCUT2D eigenvalue weighted by molar-refractivity contribution is 6.52. The smallest absolute Gasteiger partial charge is 0.299 e. The van der Waals surface area contributed by atoms with Gasteiger partial charge in [-0.2, -0.15) is 8.78 Å². The fourth-order valence-electron chi connectivity index (χ4n) is 2.61. The third-order valence-corrected chi connectivity index (χ3v) is 4.08. The Kier molecular flexibility index (Phi) is 3.97. The molecule has 0 spiro atoms. The van der Waals surface area contributed by atoms with E-state index in [0.29, 0.717) is 22.3 Å². The maximum absolute atomic E-state index is 13.7. The Morgan fingerprint density at radius 3 is 2.62 bits per heavy atom. The van der Waals surface area contributed by atoms with Crippen LogP contribution in [0.3, 0.4) is 0 Å². The molecular weight excluding hydrogens is 336 g/mol. The Morgan fingerprint density at radius 2 is 1.92 bits per heavy atom. The van der Waals surface area contributed by atoms with E-state index >= 15 is 0 Å². The quantitative estimate of drug-likeness (QED) is 0.609. The number of amides is 1. The molecule has 1 aliphatic rings. The van der Waals surface area contributed by atoms with Crippen LogP contribution in [0.2, 0.25) is 5.02 Å². The maximum atomic E-state index is 13.7. The second kappa shape index (κ2) is 5.83. The highest BCUT2D eigenvalue weighted by Gasteiger charge is 2.36. The largest absolute Gasteiger partial charge is 0.300 e. The van der Waals surface area contributed by atoms with Crippen molar-refractivity contribution in [1.82, 2.24) is 0 Å². The second-order valence-electron chi connectivity index (χ2n) is 5.41. The summed E-state index contributed by atoms with van der Waals surface area (Å²) in [4.78, 5) is 25.5. The lowest BCUT2D eigenvalue weighted by Gasteiger charge is -2.18. The molecule has 2 aromatic carbocycles. The summed E-state index contributed by atoms with van der Waals surface area (Å²) in [6, 6.07) is 10.3. The summed E-state index contributed by atoms with van der Waals surface area (Å²) < 4.78 is 27.5. The lowest BCUT2D eigenvalue weighted by atomic mass is 10.0. The van der Waals surface area contributed by atoms with Crippen LogP contribution < -0.4 is 4.90 Å². The number of alkyl halides is 2. The zero-order valence-electron chi connectivity index (χ0n) is 12.4. The molecule has 6 heteroatoms. The minimum absolute atomic E-state index is 0.0142. The molecular formula is C18H12ClF2NO2. The molecule has 3 rings (SSSR count). The third kappa shape index (κ3) is 2.71. The van der Waals surface area contributed by atoms with E-state index in [0.717, 1.165) is 0 Å². The monoisotopic (exact) mass is 347 g/mol. The minimum Gasteiger partial charge on any atom is -0.300 e. The standard InChI is InChI=1S/C18H12ClF2NO2/c1-2-18(20,21)12-5-3-4-11(8-12)10-22-15-7-6-13(19)9-14(15)16(23)17(22)24/h2-9H,1,10H2. The number of nitrogens with zero attached hydrogens (tertiary/aromatic N) is 1. The molecule has 2 aromatic rings. The van der Waals surface area contributed by atoms with Crippen molar-refractivity contribution < 1.29 is 18.4 Å². The van der Waals surface area contributed by atoms with Gasteiger partial charge in [-0.25, -0.2) is 0 Å². The molecule has 1 heterocycles. The zero-order chi connectivity index (χ0) is 17.5. The molecule has 0 aliphatic carbocycles. The fraction of sp³-hybridized carbons (Fsp3) is 0.111. The van der Waals surface area contributed by atoms with E-state index in [1.165, 1.54) is 29.2 Å². The van der Waals surface area contributed by atoms with Crippen LogP contribution in [0, 0.1) is 0 Å². The Labute approximate surface area is 142 Å². The van der Waals surface area contributed by atoms with E-state index in [2.05, 4.69) is 6.58 Å². The van der Waals surface area contributed by atoms with Gasteiger partial charge in [-0.05, 0) is 35.9 Å². The number of anilines is 1. The first-order valence-corrected chi connectivity index (χ1v) is 7.48. The van der Waals surface area contributed by atoms with Crippen LogP contribution in [0.15, 0.2) is 55.1 Å². The van der Waals surface area contributed by atoms with Crippen molar-refractivity contribution in [3.05, 3.63) is 76.8 Å². The van der Waals surface area contributed by atoms with E-state index < -0.39 is 17.6 Å². The summed E-state index contributed by atoms with van der Waals surface area (Å²) >= 11 is 5.86. The van der Waals surface area contributed by atoms with Crippen molar-refractivity contribution in [2.75, 3.05) is 4.90 Å². The van der Waals surface area contributed by atoms with Gasteiger partial charge in [-0.3, -0.25) is 9.59 Å². The highest BCUT2D eigenvalue weighted by atomic mass is 35.5. The number of benzene rings is 2. The average Bonchev–Trinajstić information content (AvgIpc) is 2.80. The van der Waals surface area contributed by atoms with Crippen molar-refractivity contribution in [2.45, 2.75) is 12.5 Å². The van der Waals surface area contributed by atoms with Crippen LogP contribution in [0.4, 0.5) is 14.5 Å². The van der Waals surface area contributed by atoms with Gasteiger partial charge in [0.15, 0.2) is 0 Å². The Balaban J connectivity index is 1.96. The highest BCUT2D eigenvalue weighted by Crippen LogP contribution is 2.34. The molecule has 0 aromatic heterocycles. The Morgan fingerprint density at radius 1 is 1.17 bits per heavy atom. The van der Waals surface area contributed by atoms with Gasteiger partial charge in [0.2, 0.25) is 0 Å². The van der Waals surface area contributed by atoms with Gasteiger partial charge in [0.1, 0.15) is 0 Å². The molecule has 24 heavy (non-hydrogen) atoms. The maximum Gasteiger partial charge on any atom is 0.299 e. The number of hydrogen-bond donors (Lipinski definition) is 0. The van der Waals surface area contributed by atoms with Crippen molar-refractivity contribution in [2.24, 2.45) is 0 Å². The molecule has 0 bridgehead atoms. The minimum atomic E-state index is -3.16. The van der Waals surface area contributed by atoms with Gasteiger partial charge >= 0.3 is 0 Å². The van der Waals surface area contributed by atoms with Crippen molar-refractivity contribution in [1.29, 1.82) is 0 Å². The molecule has 0 fully saturated rings. The van der Waals surface area contributed by atoms with Crippen LogP contribution >= 0.6 is 11.6 Å². The molecule has 0 saturated carbocycles. The number of hydrogen-bond acceptors (Lipinski definition) is 2. The van der Waals surface area contributed by atoms with Gasteiger partial charge < -0.3 is 4.90 Å². The van der Waals surface area contributed by atoms with Crippen LogP contribution in [-0.2, 0) is 17.3 Å².